The van der Waals surface area contributed by atoms with Crippen molar-refractivity contribution in [1.82, 2.24) is 9.80 Å². The first kappa shape index (κ1) is 16.4. The van der Waals surface area contributed by atoms with E-state index < -0.39 is 0 Å². The standard InChI is InChI=1S/C15H23N3OS2/c1-3-4-12(14(16)20)17-6-8-18(9-7-17)15(19)13-11(2)5-10-21-13/h5,10,12H,3-4,6-9H2,1-2H3,(H2,16,20). The summed E-state index contributed by atoms with van der Waals surface area (Å²) in [7, 11) is 0. The first-order valence-corrected chi connectivity index (χ1v) is 8.70. The van der Waals surface area contributed by atoms with E-state index in [0.29, 0.717) is 4.99 Å². The largest absolute Gasteiger partial charge is 0.392 e. The van der Waals surface area contributed by atoms with E-state index in [1.54, 1.807) is 0 Å². The topological polar surface area (TPSA) is 49.6 Å². The Bertz CT molecular complexity index is 507. The van der Waals surface area contributed by atoms with E-state index >= 15 is 0 Å². The molecule has 2 heterocycles. The Labute approximate surface area is 135 Å². The SMILES string of the molecule is CCCC(C(N)=S)N1CCN(C(=O)c2sccc2C)CC1. The molecule has 1 aromatic heterocycles. The van der Waals surface area contributed by atoms with Crippen LogP contribution in [-0.2, 0) is 0 Å². The van der Waals surface area contributed by atoms with Crippen LogP contribution in [0.25, 0.3) is 0 Å². The highest BCUT2D eigenvalue weighted by atomic mass is 32.1. The zero-order chi connectivity index (χ0) is 15.4. The summed E-state index contributed by atoms with van der Waals surface area (Å²) in [4.78, 5) is 18.2. The van der Waals surface area contributed by atoms with Gasteiger partial charge in [0.2, 0.25) is 0 Å². The first-order chi connectivity index (χ1) is 10.0. The molecule has 0 aliphatic carbocycles. The maximum absolute atomic E-state index is 12.5. The highest BCUT2D eigenvalue weighted by Gasteiger charge is 2.28. The molecule has 1 aliphatic heterocycles. The van der Waals surface area contributed by atoms with E-state index in [1.807, 2.05) is 23.3 Å². The summed E-state index contributed by atoms with van der Waals surface area (Å²) in [5, 5.41) is 1.98. The van der Waals surface area contributed by atoms with Gasteiger partial charge in [0, 0.05) is 26.2 Å². The second-order valence-electron chi connectivity index (χ2n) is 5.47. The van der Waals surface area contributed by atoms with Crippen LogP contribution in [0.4, 0.5) is 0 Å². The summed E-state index contributed by atoms with van der Waals surface area (Å²) in [6.07, 6.45) is 2.06. The summed E-state index contributed by atoms with van der Waals surface area (Å²) >= 11 is 6.71. The lowest BCUT2D eigenvalue weighted by molar-refractivity contribution is 0.0613. The van der Waals surface area contributed by atoms with Crippen LogP contribution in [0.3, 0.4) is 0 Å². The van der Waals surface area contributed by atoms with Crippen LogP contribution in [0.15, 0.2) is 11.4 Å². The van der Waals surface area contributed by atoms with Gasteiger partial charge in [-0.05, 0) is 30.4 Å². The molecule has 1 fully saturated rings. The zero-order valence-electron chi connectivity index (χ0n) is 12.7. The Morgan fingerprint density at radius 3 is 2.57 bits per heavy atom. The maximum atomic E-state index is 12.5. The van der Waals surface area contributed by atoms with Crippen LogP contribution >= 0.6 is 23.6 Å². The fourth-order valence-electron chi connectivity index (χ4n) is 2.75. The number of aryl methyl sites for hydroxylation is 1. The van der Waals surface area contributed by atoms with Gasteiger partial charge >= 0.3 is 0 Å². The summed E-state index contributed by atoms with van der Waals surface area (Å²) in [6, 6.07) is 2.17. The Morgan fingerprint density at radius 1 is 1.43 bits per heavy atom. The highest BCUT2D eigenvalue weighted by molar-refractivity contribution is 7.80. The molecule has 1 saturated heterocycles. The van der Waals surface area contributed by atoms with Crippen LogP contribution < -0.4 is 5.73 Å². The van der Waals surface area contributed by atoms with Gasteiger partial charge < -0.3 is 10.6 Å². The predicted molar refractivity (Wildman–Crippen MR) is 92.0 cm³/mol. The highest BCUT2D eigenvalue weighted by Crippen LogP contribution is 2.20. The third kappa shape index (κ3) is 3.81. The number of carbonyl (C=O) groups excluding carboxylic acids is 1. The van der Waals surface area contributed by atoms with E-state index in [0.717, 1.165) is 49.5 Å². The number of thiocarbonyl (C=S) groups is 1. The van der Waals surface area contributed by atoms with Gasteiger partial charge in [0.15, 0.2) is 0 Å². The zero-order valence-corrected chi connectivity index (χ0v) is 14.3. The first-order valence-electron chi connectivity index (χ1n) is 7.41. The molecule has 1 unspecified atom stereocenters. The third-order valence-corrected chi connectivity index (χ3v) is 5.27. The number of hydrogen-bond acceptors (Lipinski definition) is 4. The molecule has 2 N–H and O–H groups in total. The van der Waals surface area contributed by atoms with Gasteiger partial charge in [-0.2, -0.15) is 0 Å². The number of rotatable bonds is 5. The molecule has 21 heavy (non-hydrogen) atoms. The average Bonchev–Trinajstić information content (AvgIpc) is 2.90. The molecule has 1 atom stereocenters. The van der Waals surface area contributed by atoms with Crippen LogP contribution in [-0.4, -0.2) is 52.9 Å². The van der Waals surface area contributed by atoms with Crippen molar-refractivity contribution in [1.29, 1.82) is 0 Å². The lowest BCUT2D eigenvalue weighted by Crippen LogP contribution is -2.54. The fourth-order valence-corrected chi connectivity index (χ4v) is 3.91. The minimum atomic E-state index is 0.157. The fraction of sp³-hybridized carbons (Fsp3) is 0.600. The van der Waals surface area contributed by atoms with Gasteiger partial charge in [-0.1, -0.05) is 25.6 Å². The quantitative estimate of drug-likeness (QED) is 0.844. The van der Waals surface area contributed by atoms with Gasteiger partial charge in [0.05, 0.1) is 15.9 Å². The van der Waals surface area contributed by atoms with Crippen molar-refractivity contribution >= 4 is 34.5 Å². The third-order valence-electron chi connectivity index (χ3n) is 3.99. The Hall–Kier alpha value is -0.980. The monoisotopic (exact) mass is 325 g/mol. The minimum Gasteiger partial charge on any atom is -0.392 e. The van der Waals surface area contributed by atoms with Crippen molar-refractivity contribution in [2.75, 3.05) is 26.2 Å². The van der Waals surface area contributed by atoms with E-state index in [1.165, 1.54) is 11.3 Å². The molecule has 1 amide bonds. The molecular weight excluding hydrogens is 302 g/mol. The minimum absolute atomic E-state index is 0.157. The number of thiophene rings is 1. The number of carbonyl (C=O) groups is 1. The van der Waals surface area contributed by atoms with E-state index in [4.69, 9.17) is 18.0 Å². The number of nitrogens with zero attached hydrogens (tertiary/aromatic N) is 2. The Balaban J connectivity index is 1.95. The average molecular weight is 326 g/mol. The molecule has 0 aromatic carbocycles. The number of piperazine rings is 1. The van der Waals surface area contributed by atoms with Crippen molar-refractivity contribution in [3.63, 3.8) is 0 Å². The van der Waals surface area contributed by atoms with Crippen molar-refractivity contribution in [3.8, 4) is 0 Å². The van der Waals surface area contributed by atoms with Crippen LogP contribution in [0.5, 0.6) is 0 Å². The Kier molecular flexibility index (Phi) is 5.72. The molecule has 6 heteroatoms. The number of nitrogens with two attached hydrogens (primary N) is 1. The molecule has 116 valence electrons. The van der Waals surface area contributed by atoms with Gasteiger partial charge in [0.1, 0.15) is 0 Å². The number of amides is 1. The molecule has 0 spiro atoms. The molecule has 2 rings (SSSR count). The molecule has 1 aromatic rings. The Morgan fingerprint density at radius 2 is 2.10 bits per heavy atom. The summed E-state index contributed by atoms with van der Waals surface area (Å²) in [5.74, 6) is 0.157. The van der Waals surface area contributed by atoms with E-state index in [9.17, 15) is 4.79 Å². The molecule has 0 bridgehead atoms. The van der Waals surface area contributed by atoms with Crippen LogP contribution in [0, 0.1) is 6.92 Å². The van der Waals surface area contributed by atoms with Gasteiger partial charge in [0.25, 0.3) is 5.91 Å². The van der Waals surface area contributed by atoms with Gasteiger partial charge in [-0.15, -0.1) is 11.3 Å². The summed E-state index contributed by atoms with van der Waals surface area (Å²) < 4.78 is 0. The summed E-state index contributed by atoms with van der Waals surface area (Å²) in [6.45, 7) is 7.32. The lowest BCUT2D eigenvalue weighted by Gasteiger charge is -2.38. The van der Waals surface area contributed by atoms with Gasteiger partial charge in [-0.25, -0.2) is 0 Å². The predicted octanol–water partition coefficient (Wildman–Crippen LogP) is 2.27. The van der Waals surface area contributed by atoms with Gasteiger partial charge in [-0.3, -0.25) is 9.69 Å². The summed E-state index contributed by atoms with van der Waals surface area (Å²) in [5.41, 5.74) is 6.92. The van der Waals surface area contributed by atoms with Crippen molar-refractivity contribution in [2.45, 2.75) is 32.7 Å². The molecule has 0 saturated carbocycles. The van der Waals surface area contributed by atoms with Crippen molar-refractivity contribution in [3.05, 3.63) is 21.9 Å². The molecule has 0 radical (unpaired) electrons. The van der Waals surface area contributed by atoms with Crippen LogP contribution in [0.1, 0.15) is 35.0 Å². The second-order valence-corrected chi connectivity index (χ2v) is 6.86. The molecule has 4 nitrogen and oxygen atoms in total. The number of hydrogen-bond donors (Lipinski definition) is 1. The smallest absolute Gasteiger partial charge is 0.264 e. The molecular formula is C15H23N3OS2. The molecule has 1 aliphatic rings. The van der Waals surface area contributed by atoms with Crippen LogP contribution in [0.2, 0.25) is 0 Å². The lowest BCUT2D eigenvalue weighted by atomic mass is 10.1. The second kappa shape index (κ2) is 7.33. The maximum Gasteiger partial charge on any atom is 0.264 e. The normalized spacial score (nSPS) is 17.7. The van der Waals surface area contributed by atoms with E-state index in [-0.39, 0.29) is 11.9 Å². The van der Waals surface area contributed by atoms with Crippen molar-refractivity contribution in [2.24, 2.45) is 5.73 Å². The van der Waals surface area contributed by atoms with E-state index in [2.05, 4.69) is 11.8 Å². The van der Waals surface area contributed by atoms with Crippen molar-refractivity contribution < 1.29 is 4.79 Å².